The molecule has 0 saturated heterocycles. The minimum absolute atomic E-state index is 0.0312. The van der Waals surface area contributed by atoms with Gasteiger partial charge in [-0.3, -0.25) is 9.69 Å². The van der Waals surface area contributed by atoms with Crippen LogP contribution in [0.4, 0.5) is 5.69 Å². The van der Waals surface area contributed by atoms with E-state index in [0.29, 0.717) is 13.1 Å². The summed E-state index contributed by atoms with van der Waals surface area (Å²) in [6.07, 6.45) is 0. The standard InChI is InChI=1S/C12H16N2O3S/c1-8(15)13-12-10(16)5-9(6-11(12)17)7-14(2)3-4-18/h4-6,16-17H,3,7H2,1-2H3,(H,13,15). The van der Waals surface area contributed by atoms with Crippen LogP contribution < -0.4 is 5.32 Å². The van der Waals surface area contributed by atoms with Gasteiger partial charge in [0.1, 0.15) is 17.2 Å². The van der Waals surface area contributed by atoms with Gasteiger partial charge in [0.15, 0.2) is 0 Å². The molecule has 0 aliphatic rings. The topological polar surface area (TPSA) is 72.8 Å². The number of hydrogen-bond donors (Lipinski definition) is 3. The lowest BCUT2D eigenvalue weighted by Crippen LogP contribution is -2.19. The number of rotatable bonds is 5. The highest BCUT2D eigenvalue weighted by Gasteiger charge is 2.11. The second-order valence-corrected chi connectivity index (χ2v) is 4.39. The van der Waals surface area contributed by atoms with Gasteiger partial charge in [0.2, 0.25) is 5.91 Å². The third-order valence-corrected chi connectivity index (χ3v) is 2.45. The predicted octanol–water partition coefficient (Wildman–Crippen LogP) is 1.49. The molecular formula is C12H16N2O3S. The van der Waals surface area contributed by atoms with Gasteiger partial charge in [-0.2, -0.15) is 0 Å². The highest BCUT2D eigenvalue weighted by atomic mass is 32.1. The second-order valence-electron chi connectivity index (χ2n) is 4.05. The van der Waals surface area contributed by atoms with Crippen molar-refractivity contribution in [3.63, 3.8) is 0 Å². The van der Waals surface area contributed by atoms with Crippen molar-refractivity contribution in [2.75, 3.05) is 18.9 Å². The lowest BCUT2D eigenvalue weighted by molar-refractivity contribution is -0.114. The number of phenols is 2. The molecule has 1 aromatic rings. The Hall–Kier alpha value is -1.66. The average molecular weight is 268 g/mol. The van der Waals surface area contributed by atoms with Gasteiger partial charge in [0.05, 0.1) is 0 Å². The number of phenolic OH excluding ortho intramolecular Hbond substituents is 2. The molecule has 5 nitrogen and oxygen atoms in total. The summed E-state index contributed by atoms with van der Waals surface area (Å²) in [6.45, 7) is 2.47. The molecule has 0 atom stereocenters. The Balaban J connectivity index is 2.91. The number of carbonyl (C=O) groups is 1. The molecule has 6 heteroatoms. The van der Waals surface area contributed by atoms with Gasteiger partial charge < -0.3 is 15.5 Å². The first-order chi connectivity index (χ1) is 8.43. The summed E-state index contributed by atoms with van der Waals surface area (Å²) >= 11 is 4.75. The summed E-state index contributed by atoms with van der Waals surface area (Å²) in [5.41, 5.74) is 0.766. The van der Waals surface area contributed by atoms with E-state index in [1.54, 1.807) is 5.37 Å². The molecule has 1 rings (SSSR count). The fourth-order valence-corrected chi connectivity index (χ4v) is 1.82. The van der Waals surface area contributed by atoms with Crippen molar-refractivity contribution in [3.8, 4) is 11.5 Å². The van der Waals surface area contributed by atoms with Gasteiger partial charge in [0.25, 0.3) is 0 Å². The zero-order valence-corrected chi connectivity index (χ0v) is 11.1. The normalized spacial score (nSPS) is 10.4. The Labute approximate surface area is 111 Å². The SMILES string of the molecule is CC(=O)Nc1c(O)cc(CN(C)CC=S)cc1O. The van der Waals surface area contributed by atoms with Gasteiger partial charge in [-0.25, -0.2) is 0 Å². The van der Waals surface area contributed by atoms with E-state index in [-0.39, 0.29) is 23.1 Å². The summed E-state index contributed by atoms with van der Waals surface area (Å²) in [7, 11) is 1.87. The van der Waals surface area contributed by atoms with Crippen LogP contribution in [0.1, 0.15) is 12.5 Å². The number of nitrogens with zero attached hydrogens (tertiary/aromatic N) is 1. The van der Waals surface area contributed by atoms with Crippen LogP contribution in [0.3, 0.4) is 0 Å². The molecule has 0 aromatic heterocycles. The molecule has 3 N–H and O–H groups in total. The molecule has 0 heterocycles. The number of anilines is 1. The number of aromatic hydroxyl groups is 2. The molecule has 0 bridgehead atoms. The van der Waals surface area contributed by atoms with Crippen molar-refractivity contribution in [2.45, 2.75) is 13.5 Å². The van der Waals surface area contributed by atoms with Crippen LogP contribution in [0.25, 0.3) is 0 Å². The maximum Gasteiger partial charge on any atom is 0.221 e. The monoisotopic (exact) mass is 268 g/mol. The van der Waals surface area contributed by atoms with E-state index in [1.165, 1.54) is 19.1 Å². The van der Waals surface area contributed by atoms with Crippen molar-refractivity contribution in [1.82, 2.24) is 4.90 Å². The van der Waals surface area contributed by atoms with Crippen LogP contribution in [0.2, 0.25) is 0 Å². The smallest absolute Gasteiger partial charge is 0.221 e. The third kappa shape index (κ3) is 3.97. The number of thiocarbonyl (C=S) groups is 1. The van der Waals surface area contributed by atoms with Crippen LogP contribution in [-0.2, 0) is 11.3 Å². The molecule has 0 aliphatic carbocycles. The van der Waals surface area contributed by atoms with Crippen LogP contribution in [0.5, 0.6) is 11.5 Å². The highest BCUT2D eigenvalue weighted by Crippen LogP contribution is 2.34. The maximum absolute atomic E-state index is 10.9. The van der Waals surface area contributed by atoms with E-state index >= 15 is 0 Å². The molecule has 1 amide bonds. The summed E-state index contributed by atoms with van der Waals surface area (Å²) in [5.74, 6) is -0.668. The molecule has 0 aliphatic heterocycles. The Morgan fingerprint density at radius 2 is 2.00 bits per heavy atom. The Morgan fingerprint density at radius 3 is 2.44 bits per heavy atom. The zero-order chi connectivity index (χ0) is 13.7. The molecule has 1 aromatic carbocycles. The molecule has 18 heavy (non-hydrogen) atoms. The number of amides is 1. The predicted molar refractivity (Wildman–Crippen MR) is 74.1 cm³/mol. The van der Waals surface area contributed by atoms with Crippen LogP contribution in [0, 0.1) is 0 Å². The van der Waals surface area contributed by atoms with E-state index < -0.39 is 0 Å². The largest absolute Gasteiger partial charge is 0.506 e. The fourth-order valence-electron chi connectivity index (χ4n) is 1.57. The van der Waals surface area contributed by atoms with Crippen LogP contribution >= 0.6 is 12.2 Å². The van der Waals surface area contributed by atoms with Crippen molar-refractivity contribution in [3.05, 3.63) is 17.7 Å². The van der Waals surface area contributed by atoms with Crippen molar-refractivity contribution in [1.29, 1.82) is 0 Å². The highest BCUT2D eigenvalue weighted by molar-refractivity contribution is 7.79. The molecular weight excluding hydrogens is 252 g/mol. The molecule has 0 spiro atoms. The van der Waals surface area contributed by atoms with Gasteiger partial charge in [-0.15, -0.1) is 0 Å². The number of hydrogen-bond acceptors (Lipinski definition) is 5. The van der Waals surface area contributed by atoms with E-state index in [0.717, 1.165) is 5.56 Å². The fraction of sp³-hybridized carbons (Fsp3) is 0.333. The number of carbonyl (C=O) groups excluding carboxylic acids is 1. The van der Waals surface area contributed by atoms with Gasteiger partial charge >= 0.3 is 0 Å². The molecule has 0 radical (unpaired) electrons. The minimum Gasteiger partial charge on any atom is -0.506 e. The van der Waals surface area contributed by atoms with Crippen LogP contribution in [0.15, 0.2) is 12.1 Å². The first kappa shape index (κ1) is 14.4. The van der Waals surface area contributed by atoms with E-state index in [2.05, 4.69) is 5.32 Å². The molecule has 98 valence electrons. The van der Waals surface area contributed by atoms with Gasteiger partial charge in [-0.05, 0) is 30.1 Å². The van der Waals surface area contributed by atoms with Gasteiger partial charge in [0, 0.05) is 20.0 Å². The first-order valence-corrected chi connectivity index (χ1v) is 5.85. The van der Waals surface area contributed by atoms with E-state index in [1.807, 2.05) is 11.9 Å². The zero-order valence-electron chi connectivity index (χ0n) is 10.3. The quantitative estimate of drug-likeness (QED) is 0.557. The lowest BCUT2D eigenvalue weighted by atomic mass is 10.1. The van der Waals surface area contributed by atoms with Crippen molar-refractivity contribution in [2.24, 2.45) is 0 Å². The average Bonchev–Trinajstić information content (AvgIpc) is 2.23. The maximum atomic E-state index is 10.9. The second kappa shape index (κ2) is 6.32. The molecule has 0 fully saturated rings. The summed E-state index contributed by atoms with van der Waals surface area (Å²) in [5, 5.41) is 23.5. The van der Waals surface area contributed by atoms with Crippen LogP contribution in [-0.4, -0.2) is 40.0 Å². The third-order valence-electron chi connectivity index (χ3n) is 2.30. The van der Waals surface area contributed by atoms with E-state index in [4.69, 9.17) is 12.2 Å². The Bertz CT molecular complexity index is 440. The van der Waals surface area contributed by atoms with Gasteiger partial charge in [-0.1, -0.05) is 12.2 Å². The van der Waals surface area contributed by atoms with Crippen molar-refractivity contribution >= 4 is 29.2 Å². The number of benzene rings is 1. The summed E-state index contributed by atoms with van der Waals surface area (Å²) in [4.78, 5) is 12.8. The summed E-state index contributed by atoms with van der Waals surface area (Å²) in [6, 6.07) is 3.01. The molecule has 0 unspecified atom stereocenters. The number of nitrogens with one attached hydrogen (secondary N) is 1. The van der Waals surface area contributed by atoms with E-state index in [9.17, 15) is 15.0 Å². The Morgan fingerprint density at radius 1 is 1.44 bits per heavy atom. The minimum atomic E-state index is -0.355. The van der Waals surface area contributed by atoms with Crippen molar-refractivity contribution < 1.29 is 15.0 Å². The molecule has 0 saturated carbocycles. The Kier molecular flexibility index (Phi) is 5.06. The lowest BCUT2D eigenvalue weighted by Gasteiger charge is -2.15. The summed E-state index contributed by atoms with van der Waals surface area (Å²) < 4.78 is 0. The first-order valence-electron chi connectivity index (χ1n) is 5.38.